The fraction of sp³-hybridized carbons (Fsp3) is 0.167. The van der Waals surface area contributed by atoms with Crippen LogP contribution in [0, 0.1) is 24.0 Å². The van der Waals surface area contributed by atoms with Crippen LogP contribution in [0.5, 0.6) is 0 Å². The van der Waals surface area contributed by atoms with Crippen LogP contribution in [0.4, 0.5) is 22.2 Å². The Balaban J connectivity index is 1.53. The number of anilines is 3. The molecule has 2 aromatic carbocycles. The molecule has 144 valence electrons. The molecule has 1 heterocycles. The highest BCUT2D eigenvalue weighted by Crippen LogP contribution is 2.28. The number of benzene rings is 2. The Kier molecular flexibility index (Phi) is 6.22. The molecule has 0 saturated carbocycles. The molecule has 0 aliphatic heterocycles. The normalized spacial score (nSPS) is 10.5. The summed E-state index contributed by atoms with van der Waals surface area (Å²) in [4.78, 5) is 22.5. The highest BCUT2D eigenvalue weighted by atomic mass is 32.2. The molecule has 0 aliphatic rings. The van der Waals surface area contributed by atoms with Gasteiger partial charge in [-0.2, -0.15) is 0 Å². The first-order valence-electron chi connectivity index (χ1n) is 8.25. The zero-order valence-corrected chi connectivity index (χ0v) is 16.8. The van der Waals surface area contributed by atoms with Crippen molar-refractivity contribution in [1.29, 1.82) is 0 Å². The summed E-state index contributed by atoms with van der Waals surface area (Å²) in [5, 5.41) is 25.5. The zero-order chi connectivity index (χ0) is 20.1. The summed E-state index contributed by atoms with van der Waals surface area (Å²) >= 11 is 2.64. The van der Waals surface area contributed by atoms with Gasteiger partial charge in [0.25, 0.3) is 5.69 Å². The first kappa shape index (κ1) is 19.8. The van der Waals surface area contributed by atoms with Crippen LogP contribution in [0.15, 0.2) is 46.8 Å². The van der Waals surface area contributed by atoms with Crippen molar-refractivity contribution in [3.05, 3.63) is 63.7 Å². The molecule has 2 N–H and O–H groups in total. The maximum atomic E-state index is 12.2. The van der Waals surface area contributed by atoms with Gasteiger partial charge in [0, 0.05) is 23.5 Å². The lowest BCUT2D eigenvalue weighted by Gasteiger charge is -2.07. The van der Waals surface area contributed by atoms with Gasteiger partial charge in [-0.05, 0) is 37.6 Å². The molecule has 0 fully saturated rings. The van der Waals surface area contributed by atoms with Gasteiger partial charge in [-0.25, -0.2) is 0 Å². The van der Waals surface area contributed by atoms with Crippen molar-refractivity contribution in [3.63, 3.8) is 0 Å². The average molecular weight is 416 g/mol. The number of nitro benzene ring substituents is 1. The molecule has 0 radical (unpaired) electrons. The van der Waals surface area contributed by atoms with Crippen LogP contribution in [0.1, 0.15) is 11.1 Å². The summed E-state index contributed by atoms with van der Waals surface area (Å²) < 4.78 is 0.671. The van der Waals surface area contributed by atoms with Gasteiger partial charge >= 0.3 is 0 Å². The van der Waals surface area contributed by atoms with E-state index in [1.54, 1.807) is 6.92 Å². The van der Waals surface area contributed by atoms with Crippen LogP contribution < -0.4 is 10.6 Å². The summed E-state index contributed by atoms with van der Waals surface area (Å²) in [6.45, 7) is 3.73. The third-order valence-electron chi connectivity index (χ3n) is 3.73. The van der Waals surface area contributed by atoms with E-state index in [0.29, 0.717) is 20.7 Å². The molecular formula is C18H17N5O3S2. The Hall–Kier alpha value is -2.98. The monoisotopic (exact) mass is 415 g/mol. The minimum atomic E-state index is -0.466. The Morgan fingerprint density at radius 1 is 1.18 bits per heavy atom. The van der Waals surface area contributed by atoms with Crippen LogP contribution in [-0.2, 0) is 4.79 Å². The highest BCUT2D eigenvalue weighted by Gasteiger charge is 2.12. The van der Waals surface area contributed by atoms with Crippen LogP contribution in [0.25, 0.3) is 0 Å². The predicted molar refractivity (Wildman–Crippen MR) is 112 cm³/mol. The summed E-state index contributed by atoms with van der Waals surface area (Å²) in [7, 11) is 0. The topological polar surface area (TPSA) is 110 Å². The number of thioether (sulfide) groups is 1. The third kappa shape index (κ3) is 5.27. The number of aromatic nitrogens is 2. The van der Waals surface area contributed by atoms with Crippen molar-refractivity contribution in [2.24, 2.45) is 0 Å². The Morgan fingerprint density at radius 3 is 2.61 bits per heavy atom. The minimum Gasteiger partial charge on any atom is -0.330 e. The van der Waals surface area contributed by atoms with Gasteiger partial charge in [0.1, 0.15) is 0 Å². The minimum absolute atomic E-state index is 0.00709. The maximum Gasteiger partial charge on any atom is 0.269 e. The van der Waals surface area contributed by atoms with Gasteiger partial charge in [-0.3, -0.25) is 14.9 Å². The Morgan fingerprint density at radius 2 is 1.93 bits per heavy atom. The van der Waals surface area contributed by atoms with Gasteiger partial charge in [0.2, 0.25) is 11.0 Å². The molecule has 0 spiro atoms. The molecule has 8 nitrogen and oxygen atoms in total. The van der Waals surface area contributed by atoms with Crippen molar-refractivity contribution >= 4 is 51.2 Å². The summed E-state index contributed by atoms with van der Waals surface area (Å²) in [5.41, 5.74) is 3.27. The molecule has 0 saturated heterocycles. The lowest BCUT2D eigenvalue weighted by atomic mass is 10.2. The number of nitrogens with zero attached hydrogens (tertiary/aromatic N) is 3. The summed E-state index contributed by atoms with van der Waals surface area (Å²) in [5.74, 6) is -0.0551. The first-order chi connectivity index (χ1) is 13.4. The number of nitrogens with one attached hydrogen (secondary N) is 2. The number of nitro groups is 1. The molecule has 3 aromatic rings. The van der Waals surface area contributed by atoms with E-state index in [-0.39, 0.29) is 17.3 Å². The fourth-order valence-corrected chi connectivity index (χ4v) is 3.87. The van der Waals surface area contributed by atoms with E-state index in [0.717, 1.165) is 5.69 Å². The van der Waals surface area contributed by atoms with Crippen molar-refractivity contribution in [2.45, 2.75) is 18.2 Å². The van der Waals surface area contributed by atoms with Gasteiger partial charge in [0.15, 0.2) is 4.34 Å². The van der Waals surface area contributed by atoms with E-state index >= 15 is 0 Å². The average Bonchev–Trinajstić information content (AvgIpc) is 3.11. The second kappa shape index (κ2) is 8.81. The third-order valence-corrected chi connectivity index (χ3v) is 5.70. The lowest BCUT2D eigenvalue weighted by Crippen LogP contribution is -2.14. The van der Waals surface area contributed by atoms with E-state index in [9.17, 15) is 14.9 Å². The van der Waals surface area contributed by atoms with Gasteiger partial charge in [-0.1, -0.05) is 40.8 Å². The van der Waals surface area contributed by atoms with Gasteiger partial charge in [0.05, 0.1) is 10.7 Å². The largest absolute Gasteiger partial charge is 0.330 e. The Labute approximate surface area is 169 Å². The quantitative estimate of drug-likeness (QED) is 0.331. The molecule has 1 amide bonds. The van der Waals surface area contributed by atoms with Crippen molar-refractivity contribution in [1.82, 2.24) is 10.2 Å². The lowest BCUT2D eigenvalue weighted by molar-refractivity contribution is -0.384. The smallest absolute Gasteiger partial charge is 0.269 e. The number of rotatable bonds is 7. The van der Waals surface area contributed by atoms with E-state index in [1.165, 1.54) is 46.9 Å². The number of amides is 1. The molecule has 0 unspecified atom stereocenters. The number of hydrogen-bond donors (Lipinski definition) is 2. The fourth-order valence-electron chi connectivity index (χ4n) is 2.29. The second-order valence-electron chi connectivity index (χ2n) is 5.96. The van der Waals surface area contributed by atoms with Crippen LogP contribution in [0.2, 0.25) is 0 Å². The SMILES string of the molecule is Cc1ccc(Nc2nnc(SCC(=O)Nc3ccc([N+](=O)[O-])cc3C)s2)cc1. The molecule has 28 heavy (non-hydrogen) atoms. The number of hydrogen-bond acceptors (Lipinski definition) is 8. The predicted octanol–water partition coefficient (Wildman–Crippen LogP) is 4.54. The maximum absolute atomic E-state index is 12.2. The van der Waals surface area contributed by atoms with E-state index in [2.05, 4.69) is 20.8 Å². The molecule has 0 bridgehead atoms. The van der Waals surface area contributed by atoms with Crippen LogP contribution >= 0.6 is 23.1 Å². The standard InChI is InChI=1S/C18H17N5O3S2/c1-11-3-5-13(6-4-11)19-17-21-22-18(28-17)27-10-16(24)20-15-8-7-14(23(25)26)9-12(15)2/h3-9H,10H2,1-2H3,(H,19,21)(H,20,24). The van der Waals surface area contributed by atoms with Crippen molar-refractivity contribution < 1.29 is 9.72 Å². The van der Waals surface area contributed by atoms with E-state index in [4.69, 9.17) is 0 Å². The molecular weight excluding hydrogens is 398 g/mol. The number of carbonyl (C=O) groups excluding carboxylic acids is 1. The molecule has 0 atom stereocenters. The van der Waals surface area contributed by atoms with Crippen molar-refractivity contribution in [3.8, 4) is 0 Å². The Bertz CT molecular complexity index is 1000. The van der Waals surface area contributed by atoms with Gasteiger partial charge in [-0.15, -0.1) is 10.2 Å². The van der Waals surface area contributed by atoms with E-state index in [1.807, 2.05) is 31.2 Å². The molecule has 3 rings (SSSR count). The van der Waals surface area contributed by atoms with E-state index < -0.39 is 4.92 Å². The highest BCUT2D eigenvalue weighted by molar-refractivity contribution is 8.01. The van der Waals surface area contributed by atoms with Crippen LogP contribution in [0.3, 0.4) is 0 Å². The number of non-ortho nitro benzene ring substituents is 1. The molecule has 10 heteroatoms. The summed E-state index contributed by atoms with van der Waals surface area (Å²) in [6, 6.07) is 12.3. The molecule has 0 aliphatic carbocycles. The van der Waals surface area contributed by atoms with Gasteiger partial charge < -0.3 is 10.6 Å². The van der Waals surface area contributed by atoms with Crippen molar-refractivity contribution in [2.75, 3.05) is 16.4 Å². The number of aryl methyl sites for hydroxylation is 2. The summed E-state index contributed by atoms with van der Waals surface area (Å²) in [6.07, 6.45) is 0. The zero-order valence-electron chi connectivity index (χ0n) is 15.1. The second-order valence-corrected chi connectivity index (χ2v) is 8.16. The van der Waals surface area contributed by atoms with Crippen LogP contribution in [-0.4, -0.2) is 26.8 Å². The molecule has 1 aromatic heterocycles. The number of carbonyl (C=O) groups is 1. The first-order valence-corrected chi connectivity index (χ1v) is 10.1.